The maximum Gasteiger partial charge on any atom is 0.247 e. The molecule has 0 atom stereocenters. The molecule has 0 fully saturated rings. The van der Waals surface area contributed by atoms with Gasteiger partial charge in [-0.05, 0) is 32.9 Å². The van der Waals surface area contributed by atoms with E-state index in [1.165, 1.54) is 6.07 Å². The summed E-state index contributed by atoms with van der Waals surface area (Å²) in [6, 6.07) is 3.00. The Kier molecular flexibility index (Phi) is 5.69. The standard InChI is InChI=1S/C12H20N2O4S2/c1-4-18-12(2,3)8-14-10(15)7-9-5-6-11(19-9)20(13,16)17/h5-6H,4,7-8H2,1-3H3,(H,14,15)(H2,13,16,17). The summed E-state index contributed by atoms with van der Waals surface area (Å²) >= 11 is 1.01. The number of nitrogens with one attached hydrogen (secondary N) is 1. The minimum Gasteiger partial charge on any atom is -0.374 e. The molecule has 0 unspecified atom stereocenters. The zero-order valence-corrected chi connectivity index (χ0v) is 13.4. The molecule has 0 bridgehead atoms. The number of thiophene rings is 1. The molecule has 8 heteroatoms. The Morgan fingerprint density at radius 2 is 2.10 bits per heavy atom. The van der Waals surface area contributed by atoms with Crippen LogP contribution in [0.3, 0.4) is 0 Å². The van der Waals surface area contributed by atoms with Gasteiger partial charge in [0.2, 0.25) is 15.9 Å². The van der Waals surface area contributed by atoms with Gasteiger partial charge >= 0.3 is 0 Å². The summed E-state index contributed by atoms with van der Waals surface area (Å²) in [6.45, 7) is 6.64. The van der Waals surface area contributed by atoms with Gasteiger partial charge in [-0.1, -0.05) is 0 Å². The van der Waals surface area contributed by atoms with Crippen LogP contribution in [-0.4, -0.2) is 33.1 Å². The van der Waals surface area contributed by atoms with Crippen molar-refractivity contribution in [2.45, 2.75) is 37.0 Å². The maximum absolute atomic E-state index is 11.8. The van der Waals surface area contributed by atoms with Crippen LogP contribution in [-0.2, 0) is 26.0 Å². The molecule has 114 valence electrons. The molecule has 0 aromatic carbocycles. The monoisotopic (exact) mass is 320 g/mol. The van der Waals surface area contributed by atoms with Gasteiger partial charge in [0, 0.05) is 18.0 Å². The van der Waals surface area contributed by atoms with Crippen molar-refractivity contribution in [1.82, 2.24) is 5.32 Å². The molecule has 0 radical (unpaired) electrons. The molecular formula is C12H20N2O4S2. The third kappa shape index (κ3) is 5.58. The third-order valence-corrected chi connectivity index (χ3v) is 5.02. The summed E-state index contributed by atoms with van der Waals surface area (Å²) in [5.41, 5.74) is -0.425. The lowest BCUT2D eigenvalue weighted by Gasteiger charge is -2.24. The first-order chi connectivity index (χ1) is 9.14. The van der Waals surface area contributed by atoms with Crippen LogP contribution in [0.2, 0.25) is 0 Å². The second kappa shape index (κ2) is 6.66. The number of amides is 1. The molecule has 0 aliphatic rings. The van der Waals surface area contributed by atoms with Gasteiger partial charge in [0.15, 0.2) is 0 Å². The summed E-state index contributed by atoms with van der Waals surface area (Å²) in [5, 5.41) is 7.78. The fourth-order valence-electron chi connectivity index (χ4n) is 1.58. The van der Waals surface area contributed by atoms with E-state index < -0.39 is 15.6 Å². The molecule has 1 aromatic rings. The average molecular weight is 320 g/mol. The van der Waals surface area contributed by atoms with Gasteiger partial charge in [0.05, 0.1) is 12.0 Å². The Morgan fingerprint density at radius 3 is 2.60 bits per heavy atom. The molecule has 1 aromatic heterocycles. The summed E-state index contributed by atoms with van der Waals surface area (Å²) in [7, 11) is -3.69. The van der Waals surface area contributed by atoms with Crippen LogP contribution in [0.25, 0.3) is 0 Å². The van der Waals surface area contributed by atoms with Crippen LogP contribution < -0.4 is 10.5 Å². The molecule has 0 spiro atoms. The number of rotatable bonds is 7. The average Bonchev–Trinajstić information content (AvgIpc) is 2.75. The van der Waals surface area contributed by atoms with Gasteiger partial charge in [0.1, 0.15) is 4.21 Å². The van der Waals surface area contributed by atoms with Crippen molar-refractivity contribution in [3.8, 4) is 0 Å². The van der Waals surface area contributed by atoms with E-state index >= 15 is 0 Å². The normalized spacial score (nSPS) is 12.4. The zero-order chi connectivity index (χ0) is 15.4. The minimum absolute atomic E-state index is 0.0648. The van der Waals surface area contributed by atoms with Crippen LogP contribution >= 0.6 is 11.3 Å². The Hall–Kier alpha value is -0.960. The number of nitrogens with two attached hydrogens (primary N) is 1. The van der Waals surface area contributed by atoms with E-state index in [0.717, 1.165) is 11.3 Å². The molecule has 1 amide bonds. The molecule has 1 rings (SSSR count). The number of carbonyl (C=O) groups is 1. The van der Waals surface area contributed by atoms with E-state index in [0.29, 0.717) is 18.0 Å². The van der Waals surface area contributed by atoms with E-state index in [9.17, 15) is 13.2 Å². The number of hydrogen-bond acceptors (Lipinski definition) is 5. The third-order valence-electron chi connectivity index (χ3n) is 2.50. The topological polar surface area (TPSA) is 98.5 Å². The Morgan fingerprint density at radius 1 is 1.45 bits per heavy atom. The van der Waals surface area contributed by atoms with E-state index in [2.05, 4.69) is 5.32 Å². The second-order valence-electron chi connectivity index (χ2n) is 4.91. The summed E-state index contributed by atoms with van der Waals surface area (Å²) < 4.78 is 27.8. The highest BCUT2D eigenvalue weighted by molar-refractivity contribution is 7.91. The lowest BCUT2D eigenvalue weighted by molar-refractivity contribution is -0.122. The number of carbonyl (C=O) groups excluding carboxylic acids is 1. The second-order valence-corrected chi connectivity index (χ2v) is 7.87. The number of primary sulfonamides is 1. The van der Waals surface area contributed by atoms with Gasteiger partial charge in [-0.2, -0.15) is 0 Å². The molecule has 0 aliphatic heterocycles. The molecule has 20 heavy (non-hydrogen) atoms. The first-order valence-corrected chi connectivity index (χ1v) is 8.52. The lowest BCUT2D eigenvalue weighted by atomic mass is 10.1. The van der Waals surface area contributed by atoms with Gasteiger partial charge in [-0.3, -0.25) is 4.79 Å². The summed E-state index contributed by atoms with van der Waals surface area (Å²) in [6.07, 6.45) is 0.127. The van der Waals surface area contributed by atoms with Crippen LogP contribution in [0.4, 0.5) is 0 Å². The maximum atomic E-state index is 11.8. The summed E-state index contributed by atoms with van der Waals surface area (Å²) in [4.78, 5) is 12.4. The van der Waals surface area contributed by atoms with Crippen LogP contribution in [0, 0.1) is 0 Å². The van der Waals surface area contributed by atoms with Crippen molar-refractivity contribution in [3.05, 3.63) is 17.0 Å². The first kappa shape index (κ1) is 17.1. The van der Waals surface area contributed by atoms with Gasteiger partial charge < -0.3 is 10.1 Å². The summed E-state index contributed by atoms with van der Waals surface area (Å²) in [5.74, 6) is -0.180. The Bertz CT molecular complexity index is 564. The predicted molar refractivity (Wildman–Crippen MR) is 78.1 cm³/mol. The fourth-order valence-corrected chi connectivity index (χ4v) is 3.36. The van der Waals surface area contributed by atoms with Crippen LogP contribution in [0.1, 0.15) is 25.6 Å². The number of ether oxygens (including phenoxy) is 1. The minimum atomic E-state index is -3.69. The smallest absolute Gasteiger partial charge is 0.247 e. The largest absolute Gasteiger partial charge is 0.374 e. The molecule has 0 aliphatic carbocycles. The van der Waals surface area contributed by atoms with Crippen molar-refractivity contribution in [1.29, 1.82) is 0 Å². The number of hydrogen-bond donors (Lipinski definition) is 2. The highest BCUT2D eigenvalue weighted by Crippen LogP contribution is 2.20. The zero-order valence-electron chi connectivity index (χ0n) is 11.8. The molecule has 1 heterocycles. The van der Waals surface area contributed by atoms with Crippen molar-refractivity contribution in [2.24, 2.45) is 5.14 Å². The number of sulfonamides is 1. The van der Waals surface area contributed by atoms with E-state index in [-0.39, 0.29) is 16.5 Å². The SMILES string of the molecule is CCOC(C)(C)CNC(=O)Cc1ccc(S(N)(=O)=O)s1. The molecule has 3 N–H and O–H groups in total. The van der Waals surface area contributed by atoms with Gasteiger partial charge in [0.25, 0.3) is 0 Å². The van der Waals surface area contributed by atoms with Crippen molar-refractivity contribution in [3.63, 3.8) is 0 Å². The predicted octanol–water partition coefficient (Wildman–Crippen LogP) is 0.869. The van der Waals surface area contributed by atoms with E-state index in [4.69, 9.17) is 9.88 Å². The molecular weight excluding hydrogens is 300 g/mol. The van der Waals surface area contributed by atoms with E-state index in [1.54, 1.807) is 6.07 Å². The lowest BCUT2D eigenvalue weighted by Crippen LogP contribution is -2.40. The highest BCUT2D eigenvalue weighted by Gasteiger charge is 2.19. The molecule has 6 nitrogen and oxygen atoms in total. The van der Waals surface area contributed by atoms with Crippen molar-refractivity contribution < 1.29 is 17.9 Å². The Labute approximate surface area is 123 Å². The van der Waals surface area contributed by atoms with Crippen LogP contribution in [0.15, 0.2) is 16.3 Å². The quantitative estimate of drug-likeness (QED) is 0.778. The van der Waals surface area contributed by atoms with E-state index in [1.807, 2.05) is 20.8 Å². The van der Waals surface area contributed by atoms with Gasteiger partial charge in [-0.15, -0.1) is 11.3 Å². The fraction of sp³-hybridized carbons (Fsp3) is 0.583. The Balaban J connectivity index is 2.53. The molecule has 0 saturated carbocycles. The molecule has 0 saturated heterocycles. The first-order valence-electron chi connectivity index (χ1n) is 6.16. The highest BCUT2D eigenvalue weighted by atomic mass is 32.2. The van der Waals surface area contributed by atoms with Crippen molar-refractivity contribution >= 4 is 27.3 Å². The van der Waals surface area contributed by atoms with Crippen molar-refractivity contribution in [2.75, 3.05) is 13.2 Å². The van der Waals surface area contributed by atoms with Crippen LogP contribution in [0.5, 0.6) is 0 Å². The van der Waals surface area contributed by atoms with Gasteiger partial charge in [-0.25, -0.2) is 13.6 Å².